The van der Waals surface area contributed by atoms with E-state index in [0.717, 1.165) is 31.2 Å². The Bertz CT molecular complexity index is 1250. The summed E-state index contributed by atoms with van der Waals surface area (Å²) in [6, 6.07) is 6.89. The van der Waals surface area contributed by atoms with E-state index in [4.69, 9.17) is 9.47 Å². The van der Waals surface area contributed by atoms with Crippen molar-refractivity contribution in [1.29, 1.82) is 0 Å². The van der Waals surface area contributed by atoms with Crippen LogP contribution >= 0.6 is 0 Å². The van der Waals surface area contributed by atoms with Crippen LogP contribution in [0.1, 0.15) is 86.6 Å². The number of amides is 1. The second kappa shape index (κ2) is 10.7. The average molecular weight is 564 g/mol. The number of allylic oxidation sites excluding steroid dienone is 4. The van der Waals surface area contributed by atoms with Gasteiger partial charge in [-0.1, -0.05) is 76.0 Å². The number of fused-ring (bicyclic) bond motifs is 2. The number of hydrogen-bond acceptors (Lipinski definition) is 5. The molecule has 0 radical (unpaired) electrons. The topological polar surface area (TPSA) is 84.9 Å². The summed E-state index contributed by atoms with van der Waals surface area (Å²) in [5.74, 6) is -1.21. The minimum absolute atomic E-state index is 0.0125. The smallest absolute Gasteiger partial charge is 0.235 e. The Morgan fingerprint density at radius 2 is 1.85 bits per heavy atom. The van der Waals surface area contributed by atoms with Crippen molar-refractivity contribution in [1.82, 2.24) is 5.32 Å². The Kier molecular flexibility index (Phi) is 7.82. The molecule has 6 heteroatoms. The molecule has 0 spiro atoms. The van der Waals surface area contributed by atoms with Crippen LogP contribution in [0.25, 0.3) is 0 Å². The lowest BCUT2D eigenvalue weighted by atomic mass is 9.51. The first-order valence-electron chi connectivity index (χ1n) is 15.6. The molecule has 1 aromatic rings. The van der Waals surface area contributed by atoms with Crippen molar-refractivity contribution in [3.05, 3.63) is 53.1 Å². The van der Waals surface area contributed by atoms with Gasteiger partial charge in [-0.25, -0.2) is 0 Å². The highest BCUT2D eigenvalue weighted by Crippen LogP contribution is 2.57. The molecular weight excluding hydrogens is 514 g/mol. The number of nitrogens with one attached hydrogen (secondary N) is 1. The number of ether oxygens (including phenoxy) is 2. The van der Waals surface area contributed by atoms with Crippen molar-refractivity contribution >= 4 is 11.7 Å². The van der Waals surface area contributed by atoms with Crippen LogP contribution in [-0.4, -0.2) is 34.4 Å². The normalized spacial score (nSPS) is 39.0. The molecule has 0 unspecified atom stereocenters. The molecule has 9 atom stereocenters. The Morgan fingerprint density at radius 1 is 1.17 bits per heavy atom. The van der Waals surface area contributed by atoms with Gasteiger partial charge in [0.05, 0.1) is 0 Å². The first-order valence-corrected chi connectivity index (χ1v) is 15.6. The van der Waals surface area contributed by atoms with Crippen LogP contribution in [0, 0.1) is 40.9 Å². The van der Waals surface area contributed by atoms with E-state index >= 15 is 4.79 Å². The number of benzene rings is 1. The summed E-state index contributed by atoms with van der Waals surface area (Å²) in [6.07, 6.45) is 8.55. The molecule has 2 heterocycles. The maximum atomic E-state index is 15.0. The second-order valence-electron chi connectivity index (χ2n) is 14.3. The molecular formula is C35H49NO5. The molecule has 0 aromatic heterocycles. The van der Waals surface area contributed by atoms with Crippen molar-refractivity contribution < 1.29 is 24.2 Å². The van der Waals surface area contributed by atoms with Gasteiger partial charge in [0.25, 0.3) is 0 Å². The zero-order valence-electron chi connectivity index (χ0n) is 26.1. The first-order chi connectivity index (χ1) is 19.2. The monoisotopic (exact) mass is 563 g/mol. The SMILES string of the molecule is CC[C@H](C)/C=C(\C)[C@H]1C(C)=C[C@@]2(C)C[C@@H](C)CC[C@@H]2[C@H]1C(=O)[C@H]1C(=O)N[C@@]2(Cc3ccc(O)cc3)OC(C)(C)O[C@@H]12. The summed E-state index contributed by atoms with van der Waals surface area (Å²) in [5.41, 5.74) is 2.12. The third-order valence-corrected chi connectivity index (χ3v) is 10.4. The highest BCUT2D eigenvalue weighted by Gasteiger charge is 2.66. The summed E-state index contributed by atoms with van der Waals surface area (Å²) in [4.78, 5) is 28.9. The van der Waals surface area contributed by atoms with Crippen molar-refractivity contribution in [2.24, 2.45) is 40.9 Å². The predicted molar refractivity (Wildman–Crippen MR) is 160 cm³/mol. The summed E-state index contributed by atoms with van der Waals surface area (Å²) in [6.45, 7) is 17.1. The average Bonchev–Trinajstić information content (AvgIpc) is 3.26. The number of carbonyl (C=O) groups excluding carboxylic acids is 2. The molecule has 2 N–H and O–H groups in total. The Balaban J connectivity index is 1.56. The standard InChI is InChI=1S/C35H49NO5/c1-9-20(2)16-22(4)27-23(5)18-34(8)17-21(3)10-15-26(34)28(27)30(38)29-31-35(36-32(29)39,41-33(6,7)40-31)19-24-11-13-25(37)14-12-24/h11-14,16,18,20-21,26-29,31,37H,9-10,15,17,19H2,1-8H3,(H,36,39)/b22-16+/t20-,21-,26+,27-,28+,29+,31-,34+,35-/m0/s1. The number of ketones is 1. The second-order valence-corrected chi connectivity index (χ2v) is 14.3. The molecule has 3 fully saturated rings. The van der Waals surface area contributed by atoms with E-state index in [1.807, 2.05) is 26.0 Å². The Hall–Kier alpha value is -2.44. The molecule has 5 rings (SSSR count). The third kappa shape index (κ3) is 5.43. The van der Waals surface area contributed by atoms with Gasteiger partial charge < -0.3 is 19.9 Å². The number of phenolic OH excluding ortho intramolecular Hbond substituents is 1. The lowest BCUT2D eigenvalue weighted by Gasteiger charge is -2.52. The van der Waals surface area contributed by atoms with Crippen LogP contribution in [0.2, 0.25) is 0 Å². The van der Waals surface area contributed by atoms with Crippen molar-refractivity contribution in [2.45, 2.75) is 105 Å². The van der Waals surface area contributed by atoms with Gasteiger partial charge in [0, 0.05) is 18.3 Å². The van der Waals surface area contributed by atoms with E-state index in [9.17, 15) is 9.90 Å². The van der Waals surface area contributed by atoms with Gasteiger partial charge in [0.1, 0.15) is 17.8 Å². The number of phenols is 1. The molecule has 224 valence electrons. The molecule has 2 saturated heterocycles. The van der Waals surface area contributed by atoms with Crippen LogP contribution in [0.3, 0.4) is 0 Å². The molecule has 2 aliphatic heterocycles. The number of hydrogen-bond donors (Lipinski definition) is 2. The third-order valence-electron chi connectivity index (χ3n) is 10.4. The van der Waals surface area contributed by atoms with Crippen LogP contribution in [0.5, 0.6) is 5.75 Å². The fourth-order valence-electron chi connectivity index (χ4n) is 8.72. The van der Waals surface area contributed by atoms with Crippen LogP contribution < -0.4 is 5.32 Å². The number of rotatable bonds is 7. The molecule has 41 heavy (non-hydrogen) atoms. The maximum Gasteiger partial charge on any atom is 0.235 e. The van der Waals surface area contributed by atoms with Gasteiger partial charge in [0.15, 0.2) is 17.3 Å². The molecule has 4 aliphatic rings. The van der Waals surface area contributed by atoms with Gasteiger partial charge in [-0.3, -0.25) is 9.59 Å². The van der Waals surface area contributed by atoms with Gasteiger partial charge in [0.2, 0.25) is 5.91 Å². The molecule has 2 aliphatic carbocycles. The summed E-state index contributed by atoms with van der Waals surface area (Å²) < 4.78 is 12.9. The highest BCUT2D eigenvalue weighted by atomic mass is 16.8. The van der Waals surface area contributed by atoms with E-state index in [-0.39, 0.29) is 40.6 Å². The summed E-state index contributed by atoms with van der Waals surface area (Å²) in [5, 5.41) is 12.9. The quantitative estimate of drug-likeness (QED) is 0.284. The zero-order chi connectivity index (χ0) is 29.9. The summed E-state index contributed by atoms with van der Waals surface area (Å²) >= 11 is 0. The summed E-state index contributed by atoms with van der Waals surface area (Å²) in [7, 11) is 0. The molecule has 1 aromatic carbocycles. The molecule has 1 saturated carbocycles. The van der Waals surface area contributed by atoms with Crippen LogP contribution in [0.15, 0.2) is 47.6 Å². The van der Waals surface area contributed by atoms with E-state index in [0.29, 0.717) is 18.3 Å². The van der Waals surface area contributed by atoms with Crippen LogP contribution in [-0.2, 0) is 25.5 Å². The van der Waals surface area contributed by atoms with E-state index in [1.165, 1.54) is 11.1 Å². The predicted octanol–water partition coefficient (Wildman–Crippen LogP) is 6.72. The fourth-order valence-corrected chi connectivity index (χ4v) is 8.72. The highest BCUT2D eigenvalue weighted by molar-refractivity contribution is 6.06. The Morgan fingerprint density at radius 3 is 2.51 bits per heavy atom. The van der Waals surface area contributed by atoms with E-state index in [1.54, 1.807) is 12.1 Å². The van der Waals surface area contributed by atoms with Crippen molar-refractivity contribution in [3.63, 3.8) is 0 Å². The number of carbonyl (C=O) groups is 2. The van der Waals surface area contributed by atoms with Gasteiger partial charge in [-0.05, 0) is 81.4 Å². The van der Waals surface area contributed by atoms with E-state index in [2.05, 4.69) is 59.0 Å². The lowest BCUT2D eigenvalue weighted by Crippen LogP contribution is -2.51. The minimum Gasteiger partial charge on any atom is -0.508 e. The van der Waals surface area contributed by atoms with E-state index < -0.39 is 23.5 Å². The van der Waals surface area contributed by atoms with Gasteiger partial charge in [-0.2, -0.15) is 0 Å². The molecule has 1 amide bonds. The zero-order valence-corrected chi connectivity index (χ0v) is 26.1. The Labute approximate surface area is 246 Å². The first kappa shape index (κ1) is 30.0. The lowest BCUT2D eigenvalue weighted by molar-refractivity contribution is -0.179. The minimum atomic E-state index is -1.15. The van der Waals surface area contributed by atoms with Crippen LogP contribution in [0.4, 0.5) is 0 Å². The maximum absolute atomic E-state index is 15.0. The van der Waals surface area contributed by atoms with Gasteiger partial charge >= 0.3 is 0 Å². The number of aromatic hydroxyl groups is 1. The fraction of sp³-hybridized carbons (Fsp3) is 0.657. The van der Waals surface area contributed by atoms with Crippen molar-refractivity contribution in [2.75, 3.05) is 0 Å². The molecule has 0 bridgehead atoms. The largest absolute Gasteiger partial charge is 0.508 e. The molecule has 6 nitrogen and oxygen atoms in total. The number of Topliss-reactive ketones (excluding diaryl/α,β-unsaturated/α-hetero) is 1. The van der Waals surface area contributed by atoms with Crippen molar-refractivity contribution in [3.8, 4) is 5.75 Å². The van der Waals surface area contributed by atoms with Gasteiger partial charge in [-0.15, -0.1) is 0 Å².